The summed E-state index contributed by atoms with van der Waals surface area (Å²) in [5, 5.41) is 0. The normalized spacial score (nSPS) is 56.7. The molecule has 0 aromatic heterocycles. The van der Waals surface area contributed by atoms with Crippen LogP contribution in [0.15, 0.2) is 0 Å². The molecule has 0 radical (unpaired) electrons. The highest BCUT2D eigenvalue weighted by Crippen LogP contribution is 2.50. The maximum Gasteiger partial charge on any atom is 0.0302 e. The lowest BCUT2D eigenvalue weighted by Gasteiger charge is -2.20. The molecule has 0 spiro atoms. The van der Waals surface area contributed by atoms with Gasteiger partial charge >= 0.3 is 0 Å². The Morgan fingerprint density at radius 2 is 1.33 bits per heavy atom. The Bertz CT molecular complexity index is 106. The van der Waals surface area contributed by atoms with E-state index < -0.39 is 0 Å². The molecule has 0 nitrogen and oxygen atoms in total. The summed E-state index contributed by atoms with van der Waals surface area (Å²) >= 11 is 7.43. The third-order valence-electron chi connectivity index (χ3n) is 2.72. The monoisotopic (exact) mass is 252 g/mol. The molecule has 2 aliphatic rings. The number of fused-ring (bicyclic) bond motifs is 2. The molecular formula is C7H10Br2. The van der Waals surface area contributed by atoms with E-state index in [0.29, 0.717) is 0 Å². The molecule has 2 rings (SSSR count). The van der Waals surface area contributed by atoms with E-state index in [4.69, 9.17) is 0 Å². The summed E-state index contributed by atoms with van der Waals surface area (Å²) in [5.74, 6) is 1.97. The van der Waals surface area contributed by atoms with Gasteiger partial charge in [0.25, 0.3) is 0 Å². The largest absolute Gasteiger partial charge is 0.0875 e. The maximum atomic E-state index is 3.71. The predicted octanol–water partition coefficient (Wildman–Crippen LogP) is 2.94. The van der Waals surface area contributed by atoms with Crippen LogP contribution in [0.2, 0.25) is 0 Å². The first kappa shape index (κ1) is 6.66. The first-order valence-electron chi connectivity index (χ1n) is 3.57. The van der Waals surface area contributed by atoms with Crippen LogP contribution in [0.3, 0.4) is 0 Å². The van der Waals surface area contributed by atoms with Crippen LogP contribution < -0.4 is 0 Å². The molecule has 2 fully saturated rings. The van der Waals surface area contributed by atoms with Gasteiger partial charge in [0.05, 0.1) is 0 Å². The first-order chi connectivity index (χ1) is 4.29. The zero-order valence-corrected chi connectivity index (χ0v) is 8.36. The smallest absolute Gasteiger partial charge is 0.0302 e. The van der Waals surface area contributed by atoms with Gasteiger partial charge in [-0.1, -0.05) is 31.9 Å². The quantitative estimate of drug-likeness (QED) is 0.583. The molecule has 0 aromatic rings. The highest BCUT2D eigenvalue weighted by molar-refractivity contribution is 9.12. The van der Waals surface area contributed by atoms with E-state index in [0.717, 1.165) is 21.5 Å². The summed E-state index contributed by atoms with van der Waals surface area (Å²) < 4.78 is 0. The molecule has 0 aromatic carbocycles. The fourth-order valence-corrected chi connectivity index (χ4v) is 3.97. The second kappa shape index (κ2) is 2.23. The third kappa shape index (κ3) is 0.900. The number of alkyl halides is 2. The molecule has 2 bridgehead atoms. The topological polar surface area (TPSA) is 0 Å². The van der Waals surface area contributed by atoms with Gasteiger partial charge in [0.1, 0.15) is 0 Å². The molecule has 2 aliphatic carbocycles. The van der Waals surface area contributed by atoms with Crippen molar-refractivity contribution in [2.75, 3.05) is 0 Å². The van der Waals surface area contributed by atoms with Gasteiger partial charge in [-0.3, -0.25) is 0 Å². The second-order valence-corrected chi connectivity index (χ2v) is 5.34. The van der Waals surface area contributed by atoms with Gasteiger partial charge in [0, 0.05) is 9.65 Å². The molecule has 4 atom stereocenters. The molecule has 2 heteroatoms. The van der Waals surface area contributed by atoms with Gasteiger partial charge in [0.15, 0.2) is 0 Å². The molecule has 2 saturated carbocycles. The van der Waals surface area contributed by atoms with Crippen molar-refractivity contribution < 1.29 is 0 Å². The van der Waals surface area contributed by atoms with Gasteiger partial charge < -0.3 is 0 Å². The maximum absolute atomic E-state index is 3.71. The Morgan fingerprint density at radius 1 is 0.889 bits per heavy atom. The van der Waals surface area contributed by atoms with Gasteiger partial charge in [-0.05, 0) is 31.1 Å². The third-order valence-corrected chi connectivity index (χ3v) is 6.06. The minimum Gasteiger partial charge on any atom is -0.0875 e. The van der Waals surface area contributed by atoms with Crippen molar-refractivity contribution in [3.05, 3.63) is 0 Å². The van der Waals surface area contributed by atoms with Gasteiger partial charge in [0.2, 0.25) is 0 Å². The standard InChI is InChI=1S/C7H10Br2/c8-6-4-1-2-5(3-4)7(6)9/h4-7H,1-3H2/t4?,5?,6-,7-/m1/s1. The Labute approximate surface area is 72.7 Å². The highest BCUT2D eigenvalue weighted by atomic mass is 79.9. The highest BCUT2D eigenvalue weighted by Gasteiger charge is 2.44. The van der Waals surface area contributed by atoms with Crippen LogP contribution in [-0.2, 0) is 0 Å². The van der Waals surface area contributed by atoms with Crippen molar-refractivity contribution in [3.8, 4) is 0 Å². The molecule has 0 heterocycles. The number of hydrogen-bond acceptors (Lipinski definition) is 0. The minimum atomic E-state index is 0.774. The van der Waals surface area contributed by atoms with Crippen LogP contribution in [0.1, 0.15) is 19.3 Å². The fourth-order valence-electron chi connectivity index (χ4n) is 2.15. The lowest BCUT2D eigenvalue weighted by molar-refractivity contribution is 0.514. The van der Waals surface area contributed by atoms with Crippen molar-refractivity contribution in [2.45, 2.75) is 28.9 Å². The second-order valence-electron chi connectivity index (χ2n) is 3.22. The van der Waals surface area contributed by atoms with Crippen LogP contribution in [0.5, 0.6) is 0 Å². The summed E-state index contributed by atoms with van der Waals surface area (Å²) in [6.45, 7) is 0. The molecule has 2 unspecified atom stereocenters. The summed E-state index contributed by atoms with van der Waals surface area (Å²) in [6, 6.07) is 0. The van der Waals surface area contributed by atoms with Crippen LogP contribution >= 0.6 is 31.9 Å². The SMILES string of the molecule is Br[C@@H]1C2CCC(C2)[C@H]1Br. The zero-order chi connectivity index (χ0) is 6.43. The van der Waals surface area contributed by atoms with Gasteiger partial charge in [-0.15, -0.1) is 0 Å². The Morgan fingerprint density at radius 3 is 1.56 bits per heavy atom. The molecule has 0 saturated heterocycles. The van der Waals surface area contributed by atoms with Crippen molar-refractivity contribution in [2.24, 2.45) is 11.8 Å². The molecule has 9 heavy (non-hydrogen) atoms. The molecule has 52 valence electrons. The lowest BCUT2D eigenvalue weighted by atomic mass is 10.0. The van der Waals surface area contributed by atoms with Crippen LogP contribution in [0.25, 0.3) is 0 Å². The van der Waals surface area contributed by atoms with Crippen LogP contribution in [0.4, 0.5) is 0 Å². The molecule has 0 amide bonds. The van der Waals surface area contributed by atoms with Crippen molar-refractivity contribution >= 4 is 31.9 Å². The summed E-state index contributed by atoms with van der Waals surface area (Å²) in [7, 11) is 0. The Balaban J connectivity index is 2.15. The molecular weight excluding hydrogens is 244 g/mol. The summed E-state index contributed by atoms with van der Waals surface area (Å²) in [5.41, 5.74) is 0. The van der Waals surface area contributed by atoms with E-state index in [2.05, 4.69) is 31.9 Å². The summed E-state index contributed by atoms with van der Waals surface area (Å²) in [4.78, 5) is 1.55. The average Bonchev–Trinajstić information content (AvgIpc) is 2.37. The first-order valence-corrected chi connectivity index (χ1v) is 5.40. The molecule has 0 N–H and O–H groups in total. The van der Waals surface area contributed by atoms with Crippen molar-refractivity contribution in [1.29, 1.82) is 0 Å². The van der Waals surface area contributed by atoms with Crippen molar-refractivity contribution in [3.63, 3.8) is 0 Å². The Hall–Kier alpha value is 0.960. The van der Waals surface area contributed by atoms with E-state index in [1.54, 1.807) is 0 Å². The van der Waals surface area contributed by atoms with E-state index in [-0.39, 0.29) is 0 Å². The number of halogens is 2. The minimum absolute atomic E-state index is 0.774. The van der Waals surface area contributed by atoms with E-state index >= 15 is 0 Å². The molecule has 0 aliphatic heterocycles. The van der Waals surface area contributed by atoms with E-state index in [9.17, 15) is 0 Å². The average molecular weight is 254 g/mol. The van der Waals surface area contributed by atoms with Crippen LogP contribution in [0, 0.1) is 11.8 Å². The van der Waals surface area contributed by atoms with Crippen LogP contribution in [-0.4, -0.2) is 9.65 Å². The predicted molar refractivity (Wildman–Crippen MR) is 46.3 cm³/mol. The van der Waals surface area contributed by atoms with E-state index in [1.807, 2.05) is 0 Å². The zero-order valence-electron chi connectivity index (χ0n) is 5.19. The number of rotatable bonds is 0. The number of hydrogen-bond donors (Lipinski definition) is 0. The van der Waals surface area contributed by atoms with E-state index in [1.165, 1.54) is 19.3 Å². The summed E-state index contributed by atoms with van der Waals surface area (Å²) in [6.07, 6.45) is 4.39. The van der Waals surface area contributed by atoms with Crippen molar-refractivity contribution in [1.82, 2.24) is 0 Å². The lowest BCUT2D eigenvalue weighted by Crippen LogP contribution is -2.21. The van der Waals surface area contributed by atoms with Gasteiger partial charge in [-0.25, -0.2) is 0 Å². The van der Waals surface area contributed by atoms with Gasteiger partial charge in [-0.2, -0.15) is 0 Å². The fraction of sp³-hybridized carbons (Fsp3) is 1.00. The Kier molecular flexibility index (Phi) is 1.65.